The molecule has 0 amide bonds. The van der Waals surface area contributed by atoms with E-state index < -0.39 is 5.97 Å². The van der Waals surface area contributed by atoms with Crippen molar-refractivity contribution in [3.8, 4) is 18.1 Å². The van der Waals surface area contributed by atoms with Gasteiger partial charge in [0.2, 0.25) is 0 Å². The molecule has 1 aromatic carbocycles. The lowest BCUT2D eigenvalue weighted by Gasteiger charge is -2.15. The number of hydrogen-bond donors (Lipinski definition) is 2. The highest BCUT2D eigenvalue weighted by molar-refractivity contribution is 7.80. The van der Waals surface area contributed by atoms with Crippen LogP contribution in [0, 0.1) is 25.2 Å². The second-order valence-electron chi connectivity index (χ2n) is 6.17. The normalized spacial score (nSPS) is 18.4. The van der Waals surface area contributed by atoms with Crippen LogP contribution in [0.1, 0.15) is 45.5 Å². The maximum atomic E-state index is 11.9. The van der Waals surface area contributed by atoms with Gasteiger partial charge in [-0.05, 0) is 31.7 Å². The third kappa shape index (κ3) is 3.00. The molecule has 0 aromatic heterocycles. The fourth-order valence-corrected chi connectivity index (χ4v) is 3.61. The lowest BCUT2D eigenvalue weighted by molar-refractivity contribution is -0.145. The van der Waals surface area contributed by atoms with Crippen LogP contribution in [0.3, 0.4) is 0 Å². The van der Waals surface area contributed by atoms with Crippen molar-refractivity contribution in [3.63, 3.8) is 0 Å². The maximum Gasteiger partial charge on any atom is 0.342 e. The van der Waals surface area contributed by atoms with Gasteiger partial charge in [-0.15, -0.1) is 19.1 Å². The Hall–Kier alpha value is -2.39. The van der Waals surface area contributed by atoms with E-state index in [1.807, 2.05) is 13.0 Å². The van der Waals surface area contributed by atoms with Crippen molar-refractivity contribution >= 4 is 24.6 Å². The smallest absolute Gasteiger partial charge is 0.342 e. The number of esters is 2. The molecule has 6 heteroatoms. The predicted octanol–water partition coefficient (Wildman–Crippen LogP) is 2.66. The van der Waals surface area contributed by atoms with Gasteiger partial charge in [0.25, 0.3) is 0 Å². The Morgan fingerprint density at radius 3 is 3.00 bits per heavy atom. The van der Waals surface area contributed by atoms with E-state index in [-0.39, 0.29) is 35.7 Å². The molecule has 1 aliphatic heterocycles. The van der Waals surface area contributed by atoms with Crippen molar-refractivity contribution in [2.75, 3.05) is 5.94 Å². The first kappa shape index (κ1) is 17.4. The molecule has 2 aliphatic rings. The van der Waals surface area contributed by atoms with Crippen LogP contribution in [0.4, 0.5) is 0 Å². The number of benzene rings is 1. The summed E-state index contributed by atoms with van der Waals surface area (Å²) in [5.74, 6) is 1.51. The quantitative estimate of drug-likeness (QED) is 0.285. The van der Waals surface area contributed by atoms with E-state index in [9.17, 15) is 14.7 Å². The van der Waals surface area contributed by atoms with E-state index in [2.05, 4.69) is 18.5 Å². The molecule has 1 heterocycles. The highest BCUT2D eigenvalue weighted by Gasteiger charge is 2.32. The SMILES string of the molecule is C#Cc1c(C)c2c(c(O)c1CC1=CCC(C(=O)OCS)C1)C(=O)OC2. The molecule has 1 atom stereocenters. The molecule has 130 valence electrons. The number of phenolic OH excluding ortho intramolecular Hbond substituents is 1. The average molecular weight is 358 g/mol. The fraction of sp³-hybridized carbons (Fsp3) is 0.368. The molecule has 0 spiro atoms. The number of aromatic hydroxyl groups is 1. The molecule has 0 radical (unpaired) electrons. The van der Waals surface area contributed by atoms with E-state index in [0.717, 1.165) is 11.1 Å². The van der Waals surface area contributed by atoms with Gasteiger partial charge in [0.1, 0.15) is 23.9 Å². The van der Waals surface area contributed by atoms with Gasteiger partial charge in [0.05, 0.1) is 5.92 Å². The molecule has 3 rings (SSSR count). The van der Waals surface area contributed by atoms with Crippen LogP contribution in [0.15, 0.2) is 11.6 Å². The Kier molecular flexibility index (Phi) is 4.78. The Balaban J connectivity index is 1.91. The Bertz CT molecular complexity index is 831. The van der Waals surface area contributed by atoms with Gasteiger partial charge in [0, 0.05) is 16.7 Å². The minimum atomic E-state index is -0.531. The van der Waals surface area contributed by atoms with Crippen LogP contribution in [0.5, 0.6) is 5.75 Å². The summed E-state index contributed by atoms with van der Waals surface area (Å²) in [6.07, 6.45) is 9.12. The molecule has 1 aromatic rings. The first-order valence-corrected chi connectivity index (χ1v) is 8.57. The van der Waals surface area contributed by atoms with Crippen molar-refractivity contribution in [3.05, 3.63) is 39.5 Å². The first-order chi connectivity index (χ1) is 12.0. The summed E-state index contributed by atoms with van der Waals surface area (Å²) >= 11 is 3.89. The molecule has 0 bridgehead atoms. The van der Waals surface area contributed by atoms with Crippen LogP contribution in [-0.2, 0) is 27.3 Å². The first-order valence-electron chi connectivity index (χ1n) is 7.94. The fourth-order valence-electron chi connectivity index (χ4n) is 3.48. The number of allylic oxidation sites excluding steroid dienone is 2. The minimum absolute atomic E-state index is 0.0544. The maximum absolute atomic E-state index is 11.9. The summed E-state index contributed by atoms with van der Waals surface area (Å²) in [5.41, 5.74) is 3.73. The topological polar surface area (TPSA) is 72.8 Å². The summed E-state index contributed by atoms with van der Waals surface area (Å²) in [5, 5.41) is 10.6. The summed E-state index contributed by atoms with van der Waals surface area (Å²) in [4.78, 5) is 23.8. The molecule has 0 fully saturated rings. The van der Waals surface area contributed by atoms with Crippen LogP contribution in [0.25, 0.3) is 0 Å². The zero-order chi connectivity index (χ0) is 18.1. The van der Waals surface area contributed by atoms with E-state index >= 15 is 0 Å². The van der Waals surface area contributed by atoms with Gasteiger partial charge in [-0.1, -0.05) is 17.6 Å². The summed E-state index contributed by atoms with van der Waals surface area (Å²) in [7, 11) is 0. The molecular formula is C19H18O5S. The third-order valence-corrected chi connectivity index (χ3v) is 4.92. The number of thiol groups is 1. The number of phenols is 1. The molecule has 0 saturated carbocycles. The molecule has 1 N–H and O–H groups in total. The van der Waals surface area contributed by atoms with Crippen LogP contribution < -0.4 is 0 Å². The monoisotopic (exact) mass is 358 g/mol. The zero-order valence-corrected chi connectivity index (χ0v) is 14.7. The average Bonchev–Trinajstić information content (AvgIpc) is 3.20. The Labute approximate surface area is 151 Å². The third-order valence-electron chi connectivity index (χ3n) is 4.79. The lowest BCUT2D eigenvalue weighted by Crippen LogP contribution is -2.14. The molecule has 1 unspecified atom stereocenters. The number of carbonyl (C=O) groups excluding carboxylic acids is 2. The number of cyclic esters (lactones) is 1. The van der Waals surface area contributed by atoms with E-state index in [0.29, 0.717) is 36.0 Å². The van der Waals surface area contributed by atoms with E-state index in [4.69, 9.17) is 15.9 Å². The largest absolute Gasteiger partial charge is 0.507 e. The van der Waals surface area contributed by atoms with Gasteiger partial charge in [0.15, 0.2) is 0 Å². The second kappa shape index (κ2) is 6.85. The van der Waals surface area contributed by atoms with Gasteiger partial charge in [-0.2, -0.15) is 0 Å². The van der Waals surface area contributed by atoms with Crippen molar-refractivity contribution in [2.24, 2.45) is 5.92 Å². The Morgan fingerprint density at radius 2 is 2.32 bits per heavy atom. The van der Waals surface area contributed by atoms with Gasteiger partial charge >= 0.3 is 11.9 Å². The second-order valence-corrected chi connectivity index (χ2v) is 6.43. The van der Waals surface area contributed by atoms with Crippen molar-refractivity contribution in [1.82, 2.24) is 0 Å². The minimum Gasteiger partial charge on any atom is -0.507 e. The van der Waals surface area contributed by atoms with E-state index in [1.54, 1.807) is 0 Å². The standard InChI is InChI=1S/C19H18O5S/c1-3-13-10(2)15-8-23-19(22)16(15)17(20)14(13)7-11-4-5-12(6-11)18(21)24-9-25/h1,4,12,20,25H,5-9H2,2H3. The van der Waals surface area contributed by atoms with Crippen LogP contribution in [0.2, 0.25) is 0 Å². The molecular weight excluding hydrogens is 340 g/mol. The number of ether oxygens (including phenoxy) is 2. The predicted molar refractivity (Wildman–Crippen MR) is 94.4 cm³/mol. The van der Waals surface area contributed by atoms with Crippen molar-refractivity contribution in [2.45, 2.75) is 32.8 Å². The lowest BCUT2D eigenvalue weighted by atomic mass is 9.89. The number of terminal acetylenes is 1. The molecule has 25 heavy (non-hydrogen) atoms. The van der Waals surface area contributed by atoms with Crippen LogP contribution in [-0.4, -0.2) is 23.0 Å². The number of hydrogen-bond acceptors (Lipinski definition) is 6. The molecule has 0 saturated heterocycles. The molecule has 1 aliphatic carbocycles. The summed E-state index contributed by atoms with van der Waals surface area (Å²) in [6.45, 7) is 1.96. The Morgan fingerprint density at radius 1 is 1.56 bits per heavy atom. The van der Waals surface area contributed by atoms with Gasteiger partial charge in [-0.25, -0.2) is 4.79 Å². The van der Waals surface area contributed by atoms with Crippen LogP contribution >= 0.6 is 12.6 Å². The summed E-state index contributed by atoms with van der Waals surface area (Å²) in [6, 6.07) is 0. The van der Waals surface area contributed by atoms with Gasteiger partial charge in [-0.3, -0.25) is 4.79 Å². The van der Waals surface area contributed by atoms with Gasteiger partial charge < -0.3 is 14.6 Å². The molecule has 5 nitrogen and oxygen atoms in total. The number of rotatable bonds is 4. The highest BCUT2D eigenvalue weighted by Crippen LogP contribution is 2.40. The van der Waals surface area contributed by atoms with Crippen molar-refractivity contribution < 1.29 is 24.2 Å². The number of carbonyl (C=O) groups is 2. The van der Waals surface area contributed by atoms with Crippen molar-refractivity contribution in [1.29, 1.82) is 0 Å². The summed E-state index contributed by atoms with van der Waals surface area (Å²) < 4.78 is 9.97. The zero-order valence-electron chi connectivity index (χ0n) is 13.8. The highest BCUT2D eigenvalue weighted by atomic mass is 32.1. The van der Waals surface area contributed by atoms with E-state index in [1.165, 1.54) is 0 Å². The number of fused-ring (bicyclic) bond motifs is 1.